The fraction of sp³-hybridized carbons (Fsp3) is 0.318. The first-order valence-electron chi connectivity index (χ1n) is 9.65. The number of piperidine rings is 1. The van der Waals surface area contributed by atoms with Gasteiger partial charge in [0.15, 0.2) is 0 Å². The first kappa shape index (κ1) is 16.4. The minimum absolute atomic E-state index is 0.668. The molecule has 5 rings (SSSR count). The van der Waals surface area contributed by atoms with Crippen LogP contribution >= 0.6 is 0 Å². The van der Waals surface area contributed by atoms with Crippen LogP contribution in [0.1, 0.15) is 24.3 Å². The van der Waals surface area contributed by atoms with E-state index in [1.807, 2.05) is 17.9 Å². The van der Waals surface area contributed by atoms with Gasteiger partial charge in [0.2, 0.25) is 0 Å². The van der Waals surface area contributed by atoms with E-state index in [9.17, 15) is 0 Å². The third-order valence-corrected chi connectivity index (χ3v) is 5.89. The zero-order valence-corrected chi connectivity index (χ0v) is 15.9. The maximum atomic E-state index is 4.39. The van der Waals surface area contributed by atoms with Crippen molar-refractivity contribution in [3.05, 3.63) is 54.5 Å². The van der Waals surface area contributed by atoms with Crippen LogP contribution in [0.4, 0.5) is 11.4 Å². The monoisotopic (exact) mass is 359 g/mol. The van der Waals surface area contributed by atoms with Crippen molar-refractivity contribution < 1.29 is 0 Å². The molecule has 0 atom stereocenters. The molecule has 27 heavy (non-hydrogen) atoms. The highest BCUT2D eigenvalue weighted by Gasteiger charge is 2.21. The number of rotatable bonds is 3. The number of benzene rings is 2. The van der Waals surface area contributed by atoms with Gasteiger partial charge in [0.25, 0.3) is 0 Å². The van der Waals surface area contributed by atoms with Crippen LogP contribution in [0.25, 0.3) is 21.9 Å². The maximum absolute atomic E-state index is 4.39. The van der Waals surface area contributed by atoms with Crippen LogP contribution in [0.2, 0.25) is 0 Å². The fourth-order valence-corrected chi connectivity index (χ4v) is 4.25. The van der Waals surface area contributed by atoms with Gasteiger partial charge in [0.05, 0.1) is 17.4 Å². The maximum Gasteiger partial charge on any atom is 0.0955 e. The molecule has 3 heterocycles. The smallest absolute Gasteiger partial charge is 0.0955 e. The highest BCUT2D eigenvalue weighted by Crippen LogP contribution is 2.34. The molecule has 5 nitrogen and oxygen atoms in total. The molecule has 0 amide bonds. The molecule has 1 aliphatic heterocycles. The quantitative estimate of drug-likeness (QED) is 0.562. The molecule has 2 aromatic carbocycles. The summed E-state index contributed by atoms with van der Waals surface area (Å²) in [6, 6.07) is 12.9. The van der Waals surface area contributed by atoms with Gasteiger partial charge in [0.1, 0.15) is 0 Å². The van der Waals surface area contributed by atoms with E-state index in [2.05, 4.69) is 69.8 Å². The van der Waals surface area contributed by atoms with Crippen molar-refractivity contribution in [2.75, 3.05) is 25.5 Å². The van der Waals surface area contributed by atoms with E-state index < -0.39 is 0 Å². The second-order valence-corrected chi connectivity index (χ2v) is 7.77. The summed E-state index contributed by atoms with van der Waals surface area (Å²) in [5, 5.41) is 4.89. The Morgan fingerprint density at radius 1 is 1.04 bits per heavy atom. The molecule has 1 saturated heterocycles. The lowest BCUT2D eigenvalue weighted by Crippen LogP contribution is -2.29. The molecular formula is C22H25N5. The average Bonchev–Trinajstić information content (AvgIpc) is 3.26. The summed E-state index contributed by atoms with van der Waals surface area (Å²) in [6.07, 6.45) is 6.55. The van der Waals surface area contributed by atoms with E-state index in [1.165, 1.54) is 42.4 Å². The number of nitrogens with zero attached hydrogens (tertiary/aromatic N) is 3. The molecular weight excluding hydrogens is 334 g/mol. The van der Waals surface area contributed by atoms with E-state index in [4.69, 9.17) is 0 Å². The van der Waals surface area contributed by atoms with Crippen LogP contribution < -0.4 is 5.32 Å². The number of imidazole rings is 1. The van der Waals surface area contributed by atoms with Crippen LogP contribution in [-0.2, 0) is 7.05 Å². The van der Waals surface area contributed by atoms with Gasteiger partial charge in [-0.25, -0.2) is 4.98 Å². The van der Waals surface area contributed by atoms with Gasteiger partial charge >= 0.3 is 0 Å². The molecule has 2 N–H and O–H groups in total. The Morgan fingerprint density at radius 3 is 2.67 bits per heavy atom. The van der Waals surface area contributed by atoms with Crippen molar-refractivity contribution >= 4 is 33.3 Å². The van der Waals surface area contributed by atoms with Gasteiger partial charge < -0.3 is 19.8 Å². The molecule has 1 aliphatic rings. The fourth-order valence-electron chi connectivity index (χ4n) is 4.25. The first-order chi connectivity index (χ1) is 13.2. The van der Waals surface area contributed by atoms with Crippen LogP contribution in [0.15, 0.2) is 48.9 Å². The van der Waals surface area contributed by atoms with E-state index in [0.717, 1.165) is 22.4 Å². The number of H-pyrrole nitrogens is 1. The van der Waals surface area contributed by atoms with Gasteiger partial charge in [0, 0.05) is 35.5 Å². The number of anilines is 2. The topological polar surface area (TPSA) is 48.9 Å². The summed E-state index contributed by atoms with van der Waals surface area (Å²) >= 11 is 0. The molecule has 0 saturated carbocycles. The lowest BCUT2D eigenvalue weighted by molar-refractivity contribution is 0.256. The van der Waals surface area contributed by atoms with Crippen LogP contribution in [0, 0.1) is 0 Å². The number of aryl methyl sites for hydroxylation is 1. The minimum Gasteiger partial charge on any atom is -0.361 e. The standard InChI is InChI=1S/C22H25N5/c1-26-9-7-15(8-10-26)19-13-23-21-11-16(3-5-18(19)21)25-17-4-6-20-22(12-17)27(2)14-24-20/h3-6,11-15,23,25H,7-10H2,1-2H3. The van der Waals surface area contributed by atoms with E-state index >= 15 is 0 Å². The predicted octanol–water partition coefficient (Wildman–Crippen LogP) is 4.61. The molecule has 4 aromatic rings. The Morgan fingerprint density at radius 2 is 1.81 bits per heavy atom. The predicted molar refractivity (Wildman–Crippen MR) is 112 cm³/mol. The van der Waals surface area contributed by atoms with Gasteiger partial charge in [-0.05, 0) is 74.8 Å². The normalized spacial score (nSPS) is 16.4. The molecule has 5 heteroatoms. The van der Waals surface area contributed by atoms with Crippen molar-refractivity contribution in [2.24, 2.45) is 7.05 Å². The Kier molecular flexibility index (Phi) is 3.90. The Labute approximate surface area is 159 Å². The first-order valence-corrected chi connectivity index (χ1v) is 9.65. The molecule has 0 unspecified atom stereocenters. The highest BCUT2D eigenvalue weighted by atomic mass is 15.1. The molecule has 0 radical (unpaired) electrons. The number of aromatic nitrogens is 3. The molecule has 0 spiro atoms. The van der Waals surface area contributed by atoms with E-state index in [1.54, 1.807) is 0 Å². The number of fused-ring (bicyclic) bond motifs is 2. The zero-order valence-electron chi connectivity index (χ0n) is 15.9. The summed E-state index contributed by atoms with van der Waals surface area (Å²) < 4.78 is 2.04. The summed E-state index contributed by atoms with van der Waals surface area (Å²) in [7, 11) is 4.24. The number of hydrogen-bond donors (Lipinski definition) is 2. The average molecular weight is 359 g/mol. The Bertz CT molecular complexity index is 1100. The largest absolute Gasteiger partial charge is 0.361 e. The zero-order chi connectivity index (χ0) is 18.4. The summed E-state index contributed by atoms with van der Waals surface area (Å²) in [4.78, 5) is 10.3. The number of aromatic amines is 1. The molecule has 0 bridgehead atoms. The lowest BCUT2D eigenvalue weighted by Gasteiger charge is -2.28. The Hall–Kier alpha value is -2.79. The van der Waals surface area contributed by atoms with E-state index in [0.29, 0.717) is 5.92 Å². The molecule has 2 aromatic heterocycles. The van der Waals surface area contributed by atoms with Crippen molar-refractivity contribution in [2.45, 2.75) is 18.8 Å². The second kappa shape index (κ2) is 6.43. The third-order valence-electron chi connectivity index (χ3n) is 5.89. The molecule has 0 aliphatic carbocycles. The van der Waals surface area contributed by atoms with Gasteiger partial charge in [-0.2, -0.15) is 0 Å². The van der Waals surface area contributed by atoms with E-state index in [-0.39, 0.29) is 0 Å². The summed E-state index contributed by atoms with van der Waals surface area (Å²) in [5.74, 6) is 0.668. The number of hydrogen-bond acceptors (Lipinski definition) is 3. The van der Waals surface area contributed by atoms with Crippen molar-refractivity contribution in [3.63, 3.8) is 0 Å². The number of nitrogens with one attached hydrogen (secondary N) is 2. The molecule has 1 fully saturated rings. The Balaban J connectivity index is 1.42. The third kappa shape index (κ3) is 2.98. The SMILES string of the molecule is CN1CCC(c2c[nH]c3cc(Nc4ccc5ncn(C)c5c4)ccc23)CC1. The second-order valence-electron chi connectivity index (χ2n) is 7.77. The van der Waals surface area contributed by atoms with Crippen LogP contribution in [0.3, 0.4) is 0 Å². The van der Waals surface area contributed by atoms with Gasteiger partial charge in [-0.1, -0.05) is 6.07 Å². The van der Waals surface area contributed by atoms with Crippen LogP contribution in [0.5, 0.6) is 0 Å². The summed E-state index contributed by atoms with van der Waals surface area (Å²) in [5.41, 5.74) is 7.00. The number of likely N-dealkylation sites (tertiary alicyclic amines) is 1. The van der Waals surface area contributed by atoms with Crippen molar-refractivity contribution in [3.8, 4) is 0 Å². The highest BCUT2D eigenvalue weighted by molar-refractivity contribution is 5.88. The van der Waals surface area contributed by atoms with Crippen molar-refractivity contribution in [1.29, 1.82) is 0 Å². The minimum atomic E-state index is 0.668. The van der Waals surface area contributed by atoms with Gasteiger partial charge in [-0.3, -0.25) is 0 Å². The van der Waals surface area contributed by atoms with Gasteiger partial charge in [-0.15, -0.1) is 0 Å². The molecule has 138 valence electrons. The lowest BCUT2D eigenvalue weighted by atomic mass is 9.89. The van der Waals surface area contributed by atoms with Crippen molar-refractivity contribution in [1.82, 2.24) is 19.4 Å². The summed E-state index contributed by atoms with van der Waals surface area (Å²) in [6.45, 7) is 2.38. The van der Waals surface area contributed by atoms with Crippen LogP contribution in [-0.4, -0.2) is 39.6 Å².